The van der Waals surface area contributed by atoms with E-state index < -0.39 is 10.0 Å². The van der Waals surface area contributed by atoms with Crippen LogP contribution in [0.15, 0.2) is 16.6 Å². The summed E-state index contributed by atoms with van der Waals surface area (Å²) in [6, 6.07) is 0. The Hall–Kier alpha value is -1.23. The second-order valence-electron chi connectivity index (χ2n) is 3.83. The molecule has 0 aliphatic carbocycles. The molecule has 0 bridgehead atoms. The van der Waals surface area contributed by atoms with Gasteiger partial charge in [-0.25, -0.2) is 12.7 Å². The molecule has 0 aromatic carbocycles. The molecule has 0 amide bonds. The van der Waals surface area contributed by atoms with Crippen molar-refractivity contribution in [3.63, 3.8) is 0 Å². The fourth-order valence-corrected chi connectivity index (χ4v) is 3.94. The van der Waals surface area contributed by atoms with Gasteiger partial charge in [-0.2, -0.15) is 4.37 Å². The van der Waals surface area contributed by atoms with Gasteiger partial charge in [0.2, 0.25) is 10.0 Å². The predicted octanol–water partition coefficient (Wildman–Crippen LogP) is 1.04. The maximum absolute atomic E-state index is 12.2. The molecule has 0 radical (unpaired) electrons. The SMILES string of the molecule is CN(C)S(=O)(=O)c1c(N)nsc1NCc1cncs1. The fourth-order valence-electron chi connectivity index (χ4n) is 1.34. The highest BCUT2D eigenvalue weighted by Gasteiger charge is 2.27. The lowest BCUT2D eigenvalue weighted by Crippen LogP contribution is -2.23. The summed E-state index contributed by atoms with van der Waals surface area (Å²) in [5, 5.41) is 3.48. The molecule has 7 nitrogen and oxygen atoms in total. The van der Waals surface area contributed by atoms with Gasteiger partial charge < -0.3 is 11.1 Å². The molecule has 0 saturated heterocycles. The van der Waals surface area contributed by atoms with Crippen molar-refractivity contribution in [2.45, 2.75) is 11.4 Å². The van der Waals surface area contributed by atoms with Crippen molar-refractivity contribution < 1.29 is 8.42 Å². The van der Waals surface area contributed by atoms with Gasteiger partial charge in [0.15, 0.2) is 10.7 Å². The Morgan fingerprint density at radius 3 is 2.79 bits per heavy atom. The van der Waals surface area contributed by atoms with Crippen LogP contribution >= 0.6 is 22.9 Å². The van der Waals surface area contributed by atoms with Crippen molar-refractivity contribution in [1.82, 2.24) is 13.7 Å². The number of anilines is 2. The zero-order valence-corrected chi connectivity index (χ0v) is 12.8. The number of nitrogens with two attached hydrogens (primary N) is 1. The number of sulfonamides is 1. The second-order valence-corrected chi connectivity index (χ2v) is 7.67. The van der Waals surface area contributed by atoms with Crippen molar-refractivity contribution >= 4 is 43.7 Å². The first-order valence-corrected chi connectivity index (χ1v) is 8.31. The smallest absolute Gasteiger partial charge is 0.249 e. The lowest BCUT2D eigenvalue weighted by atomic mass is 10.5. The van der Waals surface area contributed by atoms with Crippen LogP contribution in [0.25, 0.3) is 0 Å². The Morgan fingerprint density at radius 2 is 2.21 bits per heavy atom. The minimum absolute atomic E-state index is 0.0190. The third kappa shape index (κ3) is 2.86. The summed E-state index contributed by atoms with van der Waals surface area (Å²) in [6.45, 7) is 0.488. The number of nitrogens with zero attached hydrogens (tertiary/aromatic N) is 3. The number of rotatable bonds is 5. The van der Waals surface area contributed by atoms with E-state index in [1.807, 2.05) is 0 Å². The number of nitrogen functional groups attached to an aromatic ring is 1. The molecule has 2 heterocycles. The average Bonchev–Trinajstić information content (AvgIpc) is 2.95. The Labute approximate surface area is 119 Å². The molecule has 0 aliphatic heterocycles. The predicted molar refractivity (Wildman–Crippen MR) is 76.8 cm³/mol. The summed E-state index contributed by atoms with van der Waals surface area (Å²) in [6.07, 6.45) is 1.72. The first-order chi connectivity index (χ1) is 8.93. The molecule has 19 heavy (non-hydrogen) atoms. The maximum atomic E-state index is 12.2. The van der Waals surface area contributed by atoms with E-state index in [-0.39, 0.29) is 10.7 Å². The number of aromatic nitrogens is 2. The molecule has 2 aromatic rings. The molecule has 0 spiro atoms. The number of hydrogen-bond donors (Lipinski definition) is 2. The van der Waals surface area contributed by atoms with Crippen LogP contribution in [-0.2, 0) is 16.6 Å². The van der Waals surface area contributed by atoms with Gasteiger partial charge in [0.25, 0.3) is 0 Å². The molecule has 104 valence electrons. The van der Waals surface area contributed by atoms with E-state index in [1.54, 1.807) is 11.7 Å². The first kappa shape index (κ1) is 14.2. The van der Waals surface area contributed by atoms with E-state index in [2.05, 4.69) is 14.7 Å². The highest BCUT2D eigenvalue weighted by atomic mass is 32.2. The number of thiazole rings is 1. The van der Waals surface area contributed by atoms with E-state index >= 15 is 0 Å². The summed E-state index contributed by atoms with van der Waals surface area (Å²) in [5.74, 6) is 0.0190. The van der Waals surface area contributed by atoms with E-state index in [4.69, 9.17) is 5.73 Å². The van der Waals surface area contributed by atoms with Crippen molar-refractivity contribution in [2.75, 3.05) is 25.1 Å². The normalized spacial score (nSPS) is 11.9. The van der Waals surface area contributed by atoms with Crippen molar-refractivity contribution in [3.8, 4) is 0 Å². The first-order valence-electron chi connectivity index (χ1n) is 5.22. The summed E-state index contributed by atoms with van der Waals surface area (Å²) in [5.41, 5.74) is 7.38. The van der Waals surface area contributed by atoms with E-state index in [0.29, 0.717) is 11.5 Å². The molecular formula is C9H13N5O2S3. The van der Waals surface area contributed by atoms with Crippen LogP contribution in [0.2, 0.25) is 0 Å². The lowest BCUT2D eigenvalue weighted by molar-refractivity contribution is 0.521. The highest BCUT2D eigenvalue weighted by molar-refractivity contribution is 7.89. The van der Waals surface area contributed by atoms with Gasteiger partial charge in [-0.15, -0.1) is 11.3 Å². The van der Waals surface area contributed by atoms with E-state index in [1.165, 1.54) is 25.4 Å². The van der Waals surface area contributed by atoms with Gasteiger partial charge in [-0.1, -0.05) is 0 Å². The van der Waals surface area contributed by atoms with Gasteiger partial charge in [-0.3, -0.25) is 4.98 Å². The molecule has 3 N–H and O–H groups in total. The molecule has 0 saturated carbocycles. The zero-order chi connectivity index (χ0) is 14.0. The van der Waals surface area contributed by atoms with Crippen molar-refractivity contribution in [1.29, 1.82) is 0 Å². The van der Waals surface area contributed by atoms with Crippen LogP contribution in [0, 0.1) is 0 Å². The Balaban J connectivity index is 2.28. The lowest BCUT2D eigenvalue weighted by Gasteiger charge is -2.12. The van der Waals surface area contributed by atoms with E-state index in [0.717, 1.165) is 20.7 Å². The van der Waals surface area contributed by atoms with Crippen LogP contribution < -0.4 is 11.1 Å². The van der Waals surface area contributed by atoms with Crippen LogP contribution in [0.3, 0.4) is 0 Å². The van der Waals surface area contributed by atoms with Gasteiger partial charge in [0, 0.05) is 25.2 Å². The third-order valence-electron chi connectivity index (χ3n) is 2.32. The highest BCUT2D eigenvalue weighted by Crippen LogP contribution is 2.33. The Morgan fingerprint density at radius 1 is 1.47 bits per heavy atom. The number of nitrogens with one attached hydrogen (secondary N) is 1. The molecule has 10 heteroatoms. The molecular weight excluding hydrogens is 306 g/mol. The molecule has 2 aromatic heterocycles. The summed E-state index contributed by atoms with van der Waals surface area (Å²) >= 11 is 2.52. The van der Waals surface area contributed by atoms with Gasteiger partial charge in [0.1, 0.15) is 5.00 Å². The molecule has 0 aliphatic rings. The molecule has 0 atom stereocenters. The van der Waals surface area contributed by atoms with Gasteiger partial charge in [-0.05, 0) is 11.5 Å². The standard InChI is InChI=1S/C9H13N5O2S3/c1-14(2)19(15,16)7-8(10)13-18-9(7)12-4-6-3-11-5-17-6/h3,5,12H,4H2,1-2H3,(H2,10,13). The van der Waals surface area contributed by atoms with Crippen LogP contribution in [0.4, 0.5) is 10.8 Å². The van der Waals surface area contributed by atoms with E-state index in [9.17, 15) is 8.42 Å². The third-order valence-corrected chi connectivity index (χ3v) is 5.94. The summed E-state index contributed by atoms with van der Waals surface area (Å²) < 4.78 is 29.3. The number of hydrogen-bond acceptors (Lipinski definition) is 8. The Kier molecular flexibility index (Phi) is 4.04. The minimum atomic E-state index is -3.60. The zero-order valence-electron chi connectivity index (χ0n) is 10.3. The van der Waals surface area contributed by atoms with Gasteiger partial charge >= 0.3 is 0 Å². The van der Waals surface area contributed by atoms with Crippen LogP contribution in [0.5, 0.6) is 0 Å². The second kappa shape index (κ2) is 5.41. The van der Waals surface area contributed by atoms with Crippen LogP contribution in [0.1, 0.15) is 4.88 Å². The maximum Gasteiger partial charge on any atom is 0.249 e. The molecule has 0 fully saturated rings. The van der Waals surface area contributed by atoms with Crippen molar-refractivity contribution in [3.05, 3.63) is 16.6 Å². The quantitative estimate of drug-likeness (QED) is 0.854. The average molecular weight is 319 g/mol. The van der Waals surface area contributed by atoms with Gasteiger partial charge in [0.05, 0.1) is 12.1 Å². The Bertz CT molecular complexity index is 647. The fraction of sp³-hybridized carbons (Fsp3) is 0.333. The molecule has 0 unspecified atom stereocenters. The van der Waals surface area contributed by atoms with Crippen LogP contribution in [-0.4, -0.2) is 36.2 Å². The summed E-state index contributed by atoms with van der Waals surface area (Å²) in [7, 11) is -0.689. The summed E-state index contributed by atoms with van der Waals surface area (Å²) in [4.78, 5) is 4.99. The minimum Gasteiger partial charge on any atom is -0.382 e. The largest absolute Gasteiger partial charge is 0.382 e. The van der Waals surface area contributed by atoms with Crippen molar-refractivity contribution in [2.24, 2.45) is 0 Å². The monoisotopic (exact) mass is 319 g/mol. The topological polar surface area (TPSA) is 101 Å². The molecule has 2 rings (SSSR count).